The van der Waals surface area contributed by atoms with Crippen molar-refractivity contribution in [2.24, 2.45) is 0 Å². The highest BCUT2D eigenvalue weighted by atomic mass is 32.1. The topological polar surface area (TPSA) is 88.9 Å². The van der Waals surface area contributed by atoms with E-state index in [-0.39, 0.29) is 24.7 Å². The SMILES string of the molecule is Cc1cc(C)n(-c2ccc(NC(=O)Cc3csc(NC(=O)Cc4cccs4)n3)cc2F)n1. The molecule has 2 amide bonds. The van der Waals surface area contributed by atoms with Crippen LogP contribution in [0.25, 0.3) is 5.69 Å². The molecule has 0 saturated heterocycles. The van der Waals surface area contributed by atoms with Crippen LogP contribution >= 0.6 is 22.7 Å². The van der Waals surface area contributed by atoms with Crippen LogP contribution in [-0.2, 0) is 22.4 Å². The molecule has 4 aromatic rings. The number of nitrogens with zero attached hydrogens (tertiary/aromatic N) is 3. The number of hydrogen-bond donors (Lipinski definition) is 2. The van der Waals surface area contributed by atoms with E-state index >= 15 is 0 Å². The Hall–Kier alpha value is -3.37. The van der Waals surface area contributed by atoms with E-state index < -0.39 is 5.82 Å². The molecule has 1 aromatic carbocycles. The van der Waals surface area contributed by atoms with E-state index in [1.807, 2.05) is 37.4 Å². The molecule has 0 fully saturated rings. The summed E-state index contributed by atoms with van der Waals surface area (Å²) in [6.07, 6.45) is 0.296. The minimum absolute atomic E-state index is 0.0120. The predicted octanol–water partition coefficient (Wildman–Crippen LogP) is 4.51. The van der Waals surface area contributed by atoms with Crippen LogP contribution in [0.15, 0.2) is 47.2 Å². The van der Waals surface area contributed by atoms with E-state index in [9.17, 15) is 14.0 Å². The van der Waals surface area contributed by atoms with Gasteiger partial charge < -0.3 is 10.6 Å². The van der Waals surface area contributed by atoms with E-state index in [0.29, 0.717) is 22.2 Å². The highest BCUT2D eigenvalue weighted by Gasteiger charge is 2.13. The number of hydrogen-bond acceptors (Lipinski definition) is 6. The van der Waals surface area contributed by atoms with Crippen molar-refractivity contribution < 1.29 is 14.0 Å². The number of carbonyl (C=O) groups is 2. The lowest BCUT2D eigenvalue weighted by Crippen LogP contribution is -2.16. The maximum atomic E-state index is 14.6. The van der Waals surface area contributed by atoms with Crippen molar-refractivity contribution in [2.75, 3.05) is 10.6 Å². The molecule has 7 nitrogen and oxygen atoms in total. The second-order valence-electron chi connectivity index (χ2n) is 7.18. The number of carbonyl (C=O) groups excluding carboxylic acids is 2. The third-order valence-corrected chi connectivity index (χ3v) is 6.21. The van der Waals surface area contributed by atoms with E-state index in [1.54, 1.807) is 17.5 Å². The third kappa shape index (κ3) is 5.27. The van der Waals surface area contributed by atoms with Gasteiger partial charge in [-0.1, -0.05) is 6.07 Å². The molecule has 0 bridgehead atoms. The lowest BCUT2D eigenvalue weighted by molar-refractivity contribution is -0.116. The number of anilines is 2. The van der Waals surface area contributed by atoms with Gasteiger partial charge in [-0.2, -0.15) is 5.10 Å². The maximum absolute atomic E-state index is 14.6. The maximum Gasteiger partial charge on any atom is 0.231 e. The van der Waals surface area contributed by atoms with Crippen LogP contribution in [0, 0.1) is 19.7 Å². The van der Waals surface area contributed by atoms with Crippen LogP contribution in [0.1, 0.15) is 22.0 Å². The van der Waals surface area contributed by atoms with Crippen LogP contribution in [-0.4, -0.2) is 26.6 Å². The number of amides is 2. The summed E-state index contributed by atoms with van der Waals surface area (Å²) in [5, 5.41) is 13.8. The second kappa shape index (κ2) is 9.41. The average Bonchev–Trinajstić information content (AvgIpc) is 3.45. The number of halogens is 1. The molecule has 4 rings (SSSR count). The van der Waals surface area contributed by atoms with Crippen molar-refractivity contribution in [1.82, 2.24) is 14.8 Å². The van der Waals surface area contributed by atoms with E-state index in [4.69, 9.17) is 0 Å². The van der Waals surface area contributed by atoms with Crippen molar-refractivity contribution in [3.63, 3.8) is 0 Å². The fourth-order valence-corrected chi connectivity index (χ4v) is 4.61. The van der Waals surface area contributed by atoms with Crippen molar-refractivity contribution >= 4 is 45.3 Å². The monoisotopic (exact) mass is 469 g/mol. The summed E-state index contributed by atoms with van der Waals surface area (Å²) in [6, 6.07) is 10.1. The molecular weight excluding hydrogens is 449 g/mol. The summed E-state index contributed by atoms with van der Waals surface area (Å²) in [7, 11) is 0. The van der Waals surface area contributed by atoms with Gasteiger partial charge in [-0.05, 0) is 49.6 Å². The quantitative estimate of drug-likeness (QED) is 0.417. The minimum Gasteiger partial charge on any atom is -0.326 e. The summed E-state index contributed by atoms with van der Waals surface area (Å²) in [4.78, 5) is 29.7. The number of rotatable bonds is 7. The summed E-state index contributed by atoms with van der Waals surface area (Å²) < 4.78 is 16.1. The van der Waals surface area contributed by atoms with Crippen LogP contribution in [0.2, 0.25) is 0 Å². The molecule has 0 radical (unpaired) electrons. The summed E-state index contributed by atoms with van der Waals surface area (Å²) in [5.74, 6) is -0.973. The highest BCUT2D eigenvalue weighted by Crippen LogP contribution is 2.21. The van der Waals surface area contributed by atoms with E-state index in [2.05, 4.69) is 20.7 Å². The predicted molar refractivity (Wildman–Crippen MR) is 124 cm³/mol. The number of aryl methyl sites for hydroxylation is 2. The number of thiazole rings is 1. The fourth-order valence-electron chi connectivity index (χ4n) is 3.18. The molecule has 0 saturated carbocycles. The Morgan fingerprint density at radius 1 is 1.06 bits per heavy atom. The fraction of sp³-hybridized carbons (Fsp3) is 0.182. The van der Waals surface area contributed by atoms with Gasteiger partial charge in [0.15, 0.2) is 10.9 Å². The normalized spacial score (nSPS) is 10.8. The second-order valence-corrected chi connectivity index (χ2v) is 9.07. The summed E-state index contributed by atoms with van der Waals surface area (Å²) in [6.45, 7) is 3.69. The molecule has 0 spiro atoms. The molecule has 3 heterocycles. The zero-order chi connectivity index (χ0) is 22.7. The van der Waals surface area contributed by atoms with E-state index in [1.165, 1.54) is 33.4 Å². The first-order valence-electron chi connectivity index (χ1n) is 9.77. The molecule has 3 aromatic heterocycles. The van der Waals surface area contributed by atoms with Crippen LogP contribution < -0.4 is 10.6 Å². The van der Waals surface area contributed by atoms with Crippen molar-refractivity contribution in [2.45, 2.75) is 26.7 Å². The molecule has 0 aliphatic rings. The van der Waals surface area contributed by atoms with Crippen molar-refractivity contribution in [3.8, 4) is 5.69 Å². The Morgan fingerprint density at radius 2 is 1.88 bits per heavy atom. The van der Waals surface area contributed by atoms with Gasteiger partial charge in [-0.15, -0.1) is 22.7 Å². The van der Waals surface area contributed by atoms with Crippen molar-refractivity contribution in [3.05, 3.63) is 74.9 Å². The zero-order valence-electron chi connectivity index (χ0n) is 17.4. The van der Waals surface area contributed by atoms with Gasteiger partial charge in [-0.3, -0.25) is 9.59 Å². The molecule has 10 heteroatoms. The van der Waals surface area contributed by atoms with Crippen molar-refractivity contribution in [1.29, 1.82) is 0 Å². The van der Waals surface area contributed by atoms with Gasteiger partial charge in [0.05, 0.1) is 24.2 Å². The molecule has 0 aliphatic carbocycles. The number of benzene rings is 1. The molecule has 164 valence electrons. The minimum atomic E-state index is -0.488. The Labute approximate surface area is 191 Å². The number of nitrogens with one attached hydrogen (secondary N) is 2. The average molecular weight is 470 g/mol. The smallest absolute Gasteiger partial charge is 0.231 e. The van der Waals surface area contributed by atoms with Gasteiger partial charge in [0.2, 0.25) is 11.8 Å². The Balaban J connectivity index is 1.34. The first-order valence-corrected chi connectivity index (χ1v) is 11.5. The zero-order valence-corrected chi connectivity index (χ0v) is 19.0. The molecule has 0 aliphatic heterocycles. The number of thiophene rings is 1. The van der Waals surface area contributed by atoms with E-state index in [0.717, 1.165) is 16.3 Å². The van der Waals surface area contributed by atoms with Crippen LogP contribution in [0.5, 0.6) is 0 Å². The molecule has 2 N–H and O–H groups in total. The van der Waals surface area contributed by atoms with Gasteiger partial charge in [0, 0.05) is 21.6 Å². The molecule has 0 unspecified atom stereocenters. The Morgan fingerprint density at radius 3 is 2.56 bits per heavy atom. The molecule has 0 atom stereocenters. The number of aromatic nitrogens is 3. The van der Waals surface area contributed by atoms with Crippen LogP contribution in [0.3, 0.4) is 0 Å². The third-order valence-electron chi connectivity index (χ3n) is 4.52. The summed E-state index contributed by atoms with van der Waals surface area (Å²) in [5.41, 5.74) is 2.80. The molecule has 32 heavy (non-hydrogen) atoms. The van der Waals surface area contributed by atoms with Gasteiger partial charge in [-0.25, -0.2) is 14.1 Å². The summed E-state index contributed by atoms with van der Waals surface area (Å²) >= 11 is 2.77. The van der Waals surface area contributed by atoms with Gasteiger partial charge in [0.25, 0.3) is 0 Å². The highest BCUT2D eigenvalue weighted by molar-refractivity contribution is 7.14. The van der Waals surface area contributed by atoms with Crippen LogP contribution in [0.4, 0.5) is 15.2 Å². The van der Waals surface area contributed by atoms with Gasteiger partial charge >= 0.3 is 0 Å². The largest absolute Gasteiger partial charge is 0.326 e. The Kier molecular flexibility index (Phi) is 6.42. The Bertz CT molecular complexity index is 1260. The molecular formula is C22H20FN5O2S2. The van der Waals surface area contributed by atoms with Gasteiger partial charge in [0.1, 0.15) is 5.69 Å². The lowest BCUT2D eigenvalue weighted by Gasteiger charge is -2.09. The first kappa shape index (κ1) is 21.8. The lowest BCUT2D eigenvalue weighted by atomic mass is 10.2. The standard InChI is InChI=1S/C22H20FN5O2S2/c1-13-8-14(2)28(27-13)19-6-5-15(9-18(19)23)24-20(29)10-16-12-32-22(25-16)26-21(30)11-17-4-3-7-31-17/h3-9,12H,10-11H2,1-2H3,(H,24,29)(H,25,26,30). The first-order chi connectivity index (χ1) is 15.4.